The molecular weight excluding hydrogens is 198 g/mol. The number of aromatic amines is 1. The molecule has 0 radical (unpaired) electrons. The summed E-state index contributed by atoms with van der Waals surface area (Å²) in [6.07, 6.45) is 6.78. The largest absolute Gasteiger partial charge is 0.316 e. The molecule has 2 N–H and O–H groups in total. The van der Waals surface area contributed by atoms with Gasteiger partial charge in [0, 0.05) is 24.7 Å². The lowest BCUT2D eigenvalue weighted by atomic mass is 9.57. The van der Waals surface area contributed by atoms with Crippen molar-refractivity contribution in [1.29, 1.82) is 0 Å². The quantitative estimate of drug-likeness (QED) is 0.811. The Morgan fingerprint density at radius 1 is 1.31 bits per heavy atom. The summed E-state index contributed by atoms with van der Waals surface area (Å²) in [5.41, 5.74) is 3.40. The Balaban J connectivity index is 1.36. The number of H-pyrrole nitrogens is 1. The molecule has 0 unspecified atom stereocenters. The smallest absolute Gasteiger partial charge is 0.0655 e. The Labute approximate surface area is 96.0 Å². The molecule has 0 atom stereocenters. The molecule has 0 aromatic carbocycles. The highest BCUT2D eigenvalue weighted by molar-refractivity contribution is 5.18. The van der Waals surface area contributed by atoms with E-state index < -0.39 is 0 Å². The standard InChI is InChI=1S/C13H19N3/c1-2-10(1)12-4-11(15-16-12)3-9-5-13(6-9)7-14-8-13/h4,9-10,14H,1-3,5-8H2,(H,15,16). The topological polar surface area (TPSA) is 40.7 Å². The van der Waals surface area contributed by atoms with E-state index in [0.717, 1.165) is 11.8 Å². The Morgan fingerprint density at radius 2 is 2.12 bits per heavy atom. The maximum absolute atomic E-state index is 4.42. The summed E-state index contributed by atoms with van der Waals surface area (Å²) in [5, 5.41) is 11.0. The molecule has 4 rings (SSSR count). The van der Waals surface area contributed by atoms with Gasteiger partial charge in [0.15, 0.2) is 0 Å². The van der Waals surface area contributed by atoms with E-state index in [4.69, 9.17) is 0 Å². The van der Waals surface area contributed by atoms with Gasteiger partial charge in [0.05, 0.1) is 5.69 Å². The van der Waals surface area contributed by atoms with Gasteiger partial charge < -0.3 is 5.32 Å². The van der Waals surface area contributed by atoms with E-state index in [9.17, 15) is 0 Å². The van der Waals surface area contributed by atoms with Crippen molar-refractivity contribution in [2.24, 2.45) is 11.3 Å². The number of nitrogens with one attached hydrogen (secondary N) is 2. The van der Waals surface area contributed by atoms with Crippen LogP contribution in [-0.4, -0.2) is 23.3 Å². The summed E-state index contributed by atoms with van der Waals surface area (Å²) in [7, 11) is 0. The molecule has 1 saturated heterocycles. The second kappa shape index (κ2) is 3.10. The van der Waals surface area contributed by atoms with Crippen molar-refractivity contribution in [2.45, 2.75) is 38.0 Å². The Bertz CT molecular complexity index is 393. The van der Waals surface area contributed by atoms with Crippen LogP contribution in [0.3, 0.4) is 0 Å². The third-order valence-electron chi connectivity index (χ3n) is 4.60. The summed E-state index contributed by atoms with van der Waals surface area (Å²) in [6.45, 7) is 2.53. The van der Waals surface area contributed by atoms with Crippen LogP contribution in [0.1, 0.15) is 43.0 Å². The predicted octanol–water partition coefficient (Wildman–Crippen LogP) is 1.83. The van der Waals surface area contributed by atoms with Gasteiger partial charge >= 0.3 is 0 Å². The average Bonchev–Trinajstić information content (AvgIpc) is 2.90. The van der Waals surface area contributed by atoms with Crippen molar-refractivity contribution in [3.63, 3.8) is 0 Å². The van der Waals surface area contributed by atoms with Crippen LogP contribution >= 0.6 is 0 Å². The zero-order valence-electron chi connectivity index (χ0n) is 9.63. The van der Waals surface area contributed by atoms with E-state index in [1.165, 1.54) is 56.6 Å². The fraction of sp³-hybridized carbons (Fsp3) is 0.769. The zero-order valence-corrected chi connectivity index (χ0v) is 9.63. The molecule has 3 heteroatoms. The van der Waals surface area contributed by atoms with Gasteiger partial charge in [-0.2, -0.15) is 5.10 Å². The van der Waals surface area contributed by atoms with E-state index in [1.54, 1.807) is 0 Å². The maximum atomic E-state index is 4.42. The second-order valence-corrected chi connectivity index (χ2v) is 6.17. The van der Waals surface area contributed by atoms with Gasteiger partial charge in [0.1, 0.15) is 0 Å². The molecule has 1 spiro atoms. The number of nitrogens with zero attached hydrogens (tertiary/aromatic N) is 1. The number of aromatic nitrogens is 2. The molecule has 2 aliphatic carbocycles. The molecule has 2 heterocycles. The molecule has 1 aliphatic heterocycles. The molecule has 1 aromatic heterocycles. The lowest BCUT2D eigenvalue weighted by Crippen LogP contribution is -2.60. The van der Waals surface area contributed by atoms with Gasteiger partial charge in [0.2, 0.25) is 0 Å². The van der Waals surface area contributed by atoms with Crippen LogP contribution in [0.25, 0.3) is 0 Å². The van der Waals surface area contributed by atoms with Gasteiger partial charge in [0.25, 0.3) is 0 Å². The first-order valence-electron chi connectivity index (χ1n) is 6.58. The molecule has 2 saturated carbocycles. The molecule has 3 nitrogen and oxygen atoms in total. The second-order valence-electron chi connectivity index (χ2n) is 6.17. The number of rotatable bonds is 3. The first kappa shape index (κ1) is 9.23. The molecular formula is C13H19N3. The molecule has 86 valence electrons. The molecule has 3 aliphatic rings. The Morgan fingerprint density at radius 3 is 2.75 bits per heavy atom. The van der Waals surface area contributed by atoms with E-state index in [-0.39, 0.29) is 0 Å². The average molecular weight is 217 g/mol. The highest BCUT2D eigenvalue weighted by atomic mass is 15.1. The summed E-state index contributed by atoms with van der Waals surface area (Å²) >= 11 is 0. The highest BCUT2D eigenvalue weighted by Crippen LogP contribution is 2.49. The van der Waals surface area contributed by atoms with E-state index in [2.05, 4.69) is 21.6 Å². The Hall–Kier alpha value is -0.830. The van der Waals surface area contributed by atoms with Crippen LogP contribution in [0.4, 0.5) is 0 Å². The van der Waals surface area contributed by atoms with Crippen molar-refractivity contribution in [3.8, 4) is 0 Å². The summed E-state index contributed by atoms with van der Waals surface area (Å²) in [4.78, 5) is 0. The Kier molecular flexibility index (Phi) is 1.79. The van der Waals surface area contributed by atoms with Gasteiger partial charge in [-0.3, -0.25) is 5.10 Å². The predicted molar refractivity (Wildman–Crippen MR) is 62.3 cm³/mol. The van der Waals surface area contributed by atoms with Crippen LogP contribution in [-0.2, 0) is 6.42 Å². The monoisotopic (exact) mass is 217 g/mol. The van der Waals surface area contributed by atoms with Crippen molar-refractivity contribution < 1.29 is 0 Å². The van der Waals surface area contributed by atoms with Crippen LogP contribution in [0, 0.1) is 11.3 Å². The van der Waals surface area contributed by atoms with E-state index >= 15 is 0 Å². The lowest BCUT2D eigenvalue weighted by molar-refractivity contribution is 0.000485. The SMILES string of the molecule is c1c(C2CC2)n[nH]c1CC1CC2(CNC2)C1. The number of hydrogen-bond donors (Lipinski definition) is 2. The van der Waals surface area contributed by atoms with E-state index in [0.29, 0.717) is 5.41 Å². The van der Waals surface area contributed by atoms with Crippen molar-refractivity contribution in [2.75, 3.05) is 13.1 Å². The molecule has 1 aromatic rings. The normalized spacial score (nSPS) is 27.8. The first-order valence-corrected chi connectivity index (χ1v) is 6.58. The summed E-state index contributed by atoms with van der Waals surface area (Å²) in [5.74, 6) is 1.70. The summed E-state index contributed by atoms with van der Waals surface area (Å²) < 4.78 is 0. The van der Waals surface area contributed by atoms with Gasteiger partial charge in [-0.05, 0) is 49.5 Å². The van der Waals surface area contributed by atoms with E-state index in [1.807, 2.05) is 0 Å². The lowest BCUT2D eigenvalue weighted by Gasteiger charge is -2.54. The van der Waals surface area contributed by atoms with Gasteiger partial charge in [-0.1, -0.05) is 0 Å². The van der Waals surface area contributed by atoms with Gasteiger partial charge in [-0.15, -0.1) is 0 Å². The first-order chi connectivity index (χ1) is 7.83. The van der Waals surface area contributed by atoms with Crippen LogP contribution in [0.2, 0.25) is 0 Å². The van der Waals surface area contributed by atoms with Crippen molar-refractivity contribution >= 4 is 0 Å². The molecule has 0 bridgehead atoms. The minimum Gasteiger partial charge on any atom is -0.316 e. The molecule has 0 amide bonds. The maximum Gasteiger partial charge on any atom is 0.0655 e. The zero-order chi connectivity index (χ0) is 10.6. The minimum atomic E-state index is 0.712. The highest BCUT2D eigenvalue weighted by Gasteiger charge is 2.48. The van der Waals surface area contributed by atoms with Crippen LogP contribution in [0.5, 0.6) is 0 Å². The van der Waals surface area contributed by atoms with Crippen LogP contribution < -0.4 is 5.32 Å². The number of hydrogen-bond acceptors (Lipinski definition) is 2. The van der Waals surface area contributed by atoms with Crippen LogP contribution in [0.15, 0.2) is 6.07 Å². The van der Waals surface area contributed by atoms with Crippen molar-refractivity contribution in [3.05, 3.63) is 17.5 Å². The fourth-order valence-electron chi connectivity index (χ4n) is 3.46. The third kappa shape index (κ3) is 1.41. The molecule has 3 fully saturated rings. The van der Waals surface area contributed by atoms with Gasteiger partial charge in [-0.25, -0.2) is 0 Å². The van der Waals surface area contributed by atoms with Crippen molar-refractivity contribution in [1.82, 2.24) is 15.5 Å². The fourth-order valence-corrected chi connectivity index (χ4v) is 3.46. The molecule has 16 heavy (non-hydrogen) atoms. The third-order valence-corrected chi connectivity index (χ3v) is 4.60. The minimum absolute atomic E-state index is 0.712. The summed E-state index contributed by atoms with van der Waals surface area (Å²) in [6, 6.07) is 2.31.